The van der Waals surface area contributed by atoms with E-state index in [0.29, 0.717) is 19.7 Å². The van der Waals surface area contributed by atoms with Gasteiger partial charge in [-0.2, -0.15) is 0 Å². The fourth-order valence-electron chi connectivity index (χ4n) is 1.63. The normalized spacial score (nSPS) is 11.1. The molecule has 1 aromatic rings. The Bertz CT molecular complexity index is 320. The Balaban J connectivity index is 2.57. The molecule has 0 radical (unpaired) electrons. The minimum Gasteiger partial charge on any atom is -0.395 e. The molecule has 1 rings (SSSR count). The second-order valence-electron chi connectivity index (χ2n) is 3.85. The first-order valence-corrected chi connectivity index (χ1v) is 5.76. The van der Waals surface area contributed by atoms with E-state index in [1.807, 2.05) is 12.1 Å². The van der Waals surface area contributed by atoms with Crippen molar-refractivity contribution < 1.29 is 9.84 Å². The molecular formula is C12H21N3O2. The third-order valence-corrected chi connectivity index (χ3v) is 2.52. The maximum atomic E-state index is 9.00. The van der Waals surface area contributed by atoms with Crippen LogP contribution < -0.4 is 5.73 Å². The summed E-state index contributed by atoms with van der Waals surface area (Å²) in [7, 11) is 1.68. The molecule has 1 heterocycles. The molecule has 0 aromatic carbocycles. The Morgan fingerprint density at radius 1 is 1.47 bits per heavy atom. The van der Waals surface area contributed by atoms with E-state index in [4.69, 9.17) is 15.6 Å². The van der Waals surface area contributed by atoms with Crippen LogP contribution in [-0.4, -0.2) is 48.4 Å². The Kier molecular flexibility index (Phi) is 6.73. The monoisotopic (exact) mass is 239 g/mol. The lowest BCUT2D eigenvalue weighted by atomic mass is 10.2. The van der Waals surface area contributed by atoms with Crippen molar-refractivity contribution in [3.05, 3.63) is 29.6 Å². The van der Waals surface area contributed by atoms with E-state index in [-0.39, 0.29) is 6.61 Å². The average Bonchev–Trinajstić information content (AvgIpc) is 2.36. The van der Waals surface area contributed by atoms with Crippen LogP contribution in [0.1, 0.15) is 11.3 Å². The summed E-state index contributed by atoms with van der Waals surface area (Å²) in [6.07, 6.45) is 1.77. The Hall–Kier alpha value is -1.01. The number of rotatable bonds is 8. The molecule has 0 spiro atoms. The van der Waals surface area contributed by atoms with Crippen molar-refractivity contribution in [2.75, 3.05) is 33.4 Å². The predicted octanol–water partition coefficient (Wildman–Crippen LogP) is -0.0190. The first-order valence-electron chi connectivity index (χ1n) is 5.76. The molecule has 0 aliphatic carbocycles. The third-order valence-electron chi connectivity index (χ3n) is 2.52. The highest BCUT2D eigenvalue weighted by Crippen LogP contribution is 2.05. The molecule has 5 nitrogen and oxygen atoms in total. The van der Waals surface area contributed by atoms with Gasteiger partial charge in [-0.3, -0.25) is 9.88 Å². The zero-order valence-electron chi connectivity index (χ0n) is 10.3. The Morgan fingerprint density at radius 2 is 2.29 bits per heavy atom. The molecule has 0 amide bonds. The van der Waals surface area contributed by atoms with Gasteiger partial charge < -0.3 is 15.6 Å². The highest BCUT2D eigenvalue weighted by molar-refractivity contribution is 5.16. The number of ether oxygens (including phenoxy) is 1. The molecule has 3 N–H and O–H groups in total. The molecule has 0 atom stereocenters. The van der Waals surface area contributed by atoms with Gasteiger partial charge in [0.25, 0.3) is 0 Å². The van der Waals surface area contributed by atoms with E-state index in [1.54, 1.807) is 13.3 Å². The van der Waals surface area contributed by atoms with E-state index in [9.17, 15) is 0 Å². The van der Waals surface area contributed by atoms with Crippen LogP contribution in [0, 0.1) is 0 Å². The number of hydrogen-bond acceptors (Lipinski definition) is 5. The van der Waals surface area contributed by atoms with E-state index in [1.165, 1.54) is 0 Å². The molecule has 0 bridgehead atoms. The van der Waals surface area contributed by atoms with E-state index in [0.717, 1.165) is 24.3 Å². The summed E-state index contributed by atoms with van der Waals surface area (Å²) in [6.45, 7) is 3.49. The fraction of sp³-hybridized carbons (Fsp3) is 0.583. The van der Waals surface area contributed by atoms with Crippen molar-refractivity contribution >= 4 is 0 Å². The second kappa shape index (κ2) is 8.14. The van der Waals surface area contributed by atoms with Gasteiger partial charge in [-0.05, 0) is 17.7 Å². The van der Waals surface area contributed by atoms with Crippen molar-refractivity contribution in [1.82, 2.24) is 9.88 Å². The number of aromatic nitrogens is 1. The van der Waals surface area contributed by atoms with Gasteiger partial charge in [-0.15, -0.1) is 0 Å². The van der Waals surface area contributed by atoms with Gasteiger partial charge in [0.15, 0.2) is 0 Å². The molecule has 17 heavy (non-hydrogen) atoms. The molecule has 0 saturated heterocycles. The molecular weight excluding hydrogens is 218 g/mol. The van der Waals surface area contributed by atoms with Gasteiger partial charge in [0.05, 0.1) is 18.9 Å². The highest BCUT2D eigenvalue weighted by Gasteiger charge is 2.05. The smallest absolute Gasteiger partial charge is 0.0589 e. The molecule has 0 saturated carbocycles. The van der Waals surface area contributed by atoms with Crippen LogP contribution in [0.4, 0.5) is 0 Å². The summed E-state index contributed by atoms with van der Waals surface area (Å²) in [5.41, 5.74) is 7.60. The summed E-state index contributed by atoms with van der Waals surface area (Å²) in [5.74, 6) is 0. The van der Waals surface area contributed by atoms with Crippen LogP contribution in [0.25, 0.3) is 0 Å². The average molecular weight is 239 g/mol. The van der Waals surface area contributed by atoms with Crippen molar-refractivity contribution in [3.63, 3.8) is 0 Å². The Morgan fingerprint density at radius 3 is 2.94 bits per heavy atom. The van der Waals surface area contributed by atoms with Crippen LogP contribution in [0.2, 0.25) is 0 Å². The maximum absolute atomic E-state index is 9.00. The Labute approximate surface area is 102 Å². The number of methoxy groups -OCH3 is 1. The number of hydrogen-bond donors (Lipinski definition) is 2. The fourth-order valence-corrected chi connectivity index (χ4v) is 1.63. The van der Waals surface area contributed by atoms with Crippen LogP contribution >= 0.6 is 0 Å². The van der Waals surface area contributed by atoms with E-state index < -0.39 is 0 Å². The van der Waals surface area contributed by atoms with Gasteiger partial charge in [0.2, 0.25) is 0 Å². The zero-order valence-corrected chi connectivity index (χ0v) is 10.3. The van der Waals surface area contributed by atoms with Gasteiger partial charge >= 0.3 is 0 Å². The topological polar surface area (TPSA) is 71.6 Å². The number of pyridine rings is 1. The minimum absolute atomic E-state index is 0.151. The predicted molar refractivity (Wildman–Crippen MR) is 66.4 cm³/mol. The van der Waals surface area contributed by atoms with Gasteiger partial charge in [0.1, 0.15) is 0 Å². The summed E-state index contributed by atoms with van der Waals surface area (Å²) in [5, 5.41) is 9.00. The second-order valence-corrected chi connectivity index (χ2v) is 3.85. The van der Waals surface area contributed by atoms with E-state index >= 15 is 0 Å². The lowest BCUT2D eigenvalue weighted by molar-refractivity contribution is 0.127. The highest BCUT2D eigenvalue weighted by atomic mass is 16.5. The van der Waals surface area contributed by atoms with Crippen LogP contribution in [0.5, 0.6) is 0 Å². The zero-order chi connectivity index (χ0) is 12.5. The van der Waals surface area contributed by atoms with Crippen molar-refractivity contribution in [3.8, 4) is 0 Å². The first kappa shape index (κ1) is 14.1. The SMILES string of the molecule is COCCN(CCO)Cc1ccnc(CN)c1. The summed E-state index contributed by atoms with van der Waals surface area (Å²) in [6, 6.07) is 3.97. The van der Waals surface area contributed by atoms with E-state index in [2.05, 4.69) is 9.88 Å². The maximum Gasteiger partial charge on any atom is 0.0589 e. The number of aliphatic hydroxyl groups is 1. The summed E-state index contributed by atoms with van der Waals surface area (Å²) < 4.78 is 5.05. The van der Waals surface area contributed by atoms with Gasteiger partial charge in [0, 0.05) is 39.5 Å². The van der Waals surface area contributed by atoms with Crippen LogP contribution in [-0.2, 0) is 17.8 Å². The number of aliphatic hydroxyl groups excluding tert-OH is 1. The molecule has 0 aliphatic heterocycles. The molecule has 0 fully saturated rings. The van der Waals surface area contributed by atoms with Gasteiger partial charge in [-0.25, -0.2) is 0 Å². The lowest BCUT2D eigenvalue weighted by Gasteiger charge is -2.21. The standard InChI is InChI=1S/C12H21N3O2/c1-17-7-5-15(4-6-16)10-11-2-3-14-12(8-11)9-13/h2-3,8,16H,4-7,9-10,13H2,1H3. The largest absolute Gasteiger partial charge is 0.395 e. The lowest BCUT2D eigenvalue weighted by Crippen LogP contribution is -2.29. The number of nitrogens with zero attached hydrogens (tertiary/aromatic N) is 2. The van der Waals surface area contributed by atoms with Crippen molar-refractivity contribution in [2.45, 2.75) is 13.1 Å². The molecule has 5 heteroatoms. The van der Waals surface area contributed by atoms with Crippen molar-refractivity contribution in [2.24, 2.45) is 5.73 Å². The summed E-state index contributed by atoms with van der Waals surface area (Å²) in [4.78, 5) is 6.29. The van der Waals surface area contributed by atoms with Crippen LogP contribution in [0.15, 0.2) is 18.3 Å². The van der Waals surface area contributed by atoms with Crippen LogP contribution in [0.3, 0.4) is 0 Å². The molecule has 0 unspecified atom stereocenters. The molecule has 1 aromatic heterocycles. The summed E-state index contributed by atoms with van der Waals surface area (Å²) >= 11 is 0. The van der Waals surface area contributed by atoms with Gasteiger partial charge in [-0.1, -0.05) is 0 Å². The van der Waals surface area contributed by atoms with Crippen molar-refractivity contribution in [1.29, 1.82) is 0 Å². The number of nitrogens with two attached hydrogens (primary N) is 1. The third kappa shape index (κ3) is 5.23. The molecule has 0 aliphatic rings. The first-order chi connectivity index (χ1) is 8.30. The quantitative estimate of drug-likeness (QED) is 0.667. The molecule has 96 valence electrons. The minimum atomic E-state index is 0.151.